The fourth-order valence-electron chi connectivity index (χ4n) is 1.34. The molecule has 0 aromatic heterocycles. The molecule has 0 saturated heterocycles. The Hall–Kier alpha value is -2.71. The lowest BCUT2D eigenvalue weighted by atomic mass is 10.3. The van der Waals surface area contributed by atoms with E-state index >= 15 is 0 Å². The van der Waals surface area contributed by atoms with Crippen molar-refractivity contribution in [2.75, 3.05) is 18.4 Å². The molecule has 0 unspecified atom stereocenters. The molecule has 1 aromatic rings. The molecule has 0 aliphatic rings. The van der Waals surface area contributed by atoms with E-state index in [4.69, 9.17) is 10.4 Å². The summed E-state index contributed by atoms with van der Waals surface area (Å²) in [6.07, 6.45) is 0. The highest BCUT2D eigenvalue weighted by Gasteiger charge is 2.12. The largest absolute Gasteiger partial charge is 0.341 e. The molecule has 118 valence electrons. The number of rotatable bonds is 5. The summed E-state index contributed by atoms with van der Waals surface area (Å²) in [4.78, 5) is 22.1. The molecular weight excluding hydrogens is 317 g/mol. The van der Waals surface area contributed by atoms with Crippen LogP contribution >= 0.6 is 0 Å². The van der Waals surface area contributed by atoms with Crippen molar-refractivity contribution in [3.63, 3.8) is 0 Å². The van der Waals surface area contributed by atoms with Crippen molar-refractivity contribution in [1.29, 1.82) is 5.26 Å². The first-order valence-electron chi connectivity index (χ1n) is 5.74. The minimum absolute atomic E-state index is 0.154. The molecular formula is C11H12FN5O4S. The predicted octanol–water partition coefficient (Wildman–Crippen LogP) is -0.766. The molecule has 1 rings (SSSR count). The molecule has 11 heteroatoms. The van der Waals surface area contributed by atoms with Gasteiger partial charge in [0, 0.05) is 5.69 Å². The number of urea groups is 1. The van der Waals surface area contributed by atoms with Crippen LogP contribution in [0.3, 0.4) is 0 Å². The number of nitrogens with two attached hydrogens (primary N) is 1. The van der Waals surface area contributed by atoms with E-state index in [1.807, 2.05) is 0 Å². The van der Waals surface area contributed by atoms with Crippen molar-refractivity contribution in [3.05, 3.63) is 24.0 Å². The van der Waals surface area contributed by atoms with Crippen LogP contribution in [0.25, 0.3) is 0 Å². The molecule has 0 spiro atoms. The molecule has 0 radical (unpaired) electrons. The highest BCUT2D eigenvalue weighted by atomic mass is 32.2. The van der Waals surface area contributed by atoms with E-state index in [-0.39, 0.29) is 12.2 Å². The molecule has 3 amide bonds. The number of primary sulfonamides is 1. The Morgan fingerprint density at radius 1 is 1.27 bits per heavy atom. The van der Waals surface area contributed by atoms with Crippen LogP contribution in [-0.4, -0.2) is 33.4 Å². The van der Waals surface area contributed by atoms with Crippen LogP contribution in [0.4, 0.5) is 14.9 Å². The maximum absolute atomic E-state index is 13.3. The Balaban J connectivity index is 2.67. The van der Waals surface area contributed by atoms with E-state index in [0.717, 1.165) is 12.1 Å². The topological polar surface area (TPSA) is 154 Å². The summed E-state index contributed by atoms with van der Waals surface area (Å²) in [5, 5.41) is 19.6. The average molecular weight is 329 g/mol. The third-order valence-corrected chi connectivity index (χ3v) is 3.12. The van der Waals surface area contributed by atoms with Gasteiger partial charge in [-0.1, -0.05) is 0 Å². The Bertz CT molecular complexity index is 728. The van der Waals surface area contributed by atoms with Crippen molar-refractivity contribution in [1.82, 2.24) is 10.6 Å². The maximum Gasteiger partial charge on any atom is 0.319 e. The Kier molecular flexibility index (Phi) is 5.79. The average Bonchev–Trinajstić information content (AvgIpc) is 2.41. The quantitative estimate of drug-likeness (QED) is 0.522. The zero-order chi connectivity index (χ0) is 16.8. The lowest BCUT2D eigenvalue weighted by Crippen LogP contribution is -2.39. The number of halogens is 1. The monoisotopic (exact) mass is 329 g/mol. The van der Waals surface area contributed by atoms with E-state index in [9.17, 15) is 22.4 Å². The molecule has 5 N–H and O–H groups in total. The second-order valence-corrected chi connectivity index (χ2v) is 5.52. The van der Waals surface area contributed by atoms with Gasteiger partial charge in [-0.3, -0.25) is 4.79 Å². The van der Waals surface area contributed by atoms with Gasteiger partial charge in [0.25, 0.3) is 0 Å². The molecule has 9 nitrogen and oxygen atoms in total. The molecule has 1 aromatic carbocycles. The van der Waals surface area contributed by atoms with Gasteiger partial charge in [-0.15, -0.1) is 0 Å². The number of hydrogen-bond acceptors (Lipinski definition) is 5. The van der Waals surface area contributed by atoms with Crippen LogP contribution < -0.4 is 21.1 Å². The Morgan fingerprint density at radius 3 is 2.55 bits per heavy atom. The Morgan fingerprint density at radius 2 is 1.95 bits per heavy atom. The van der Waals surface area contributed by atoms with Crippen LogP contribution in [0.1, 0.15) is 0 Å². The minimum atomic E-state index is -4.13. The maximum atomic E-state index is 13.3. The van der Waals surface area contributed by atoms with Crippen molar-refractivity contribution < 1.29 is 22.4 Å². The number of hydrogen-bond donors (Lipinski definition) is 4. The number of nitrogens with zero attached hydrogens (tertiary/aromatic N) is 1. The first-order chi connectivity index (χ1) is 10.2. The number of nitriles is 1. The normalized spacial score (nSPS) is 10.4. The SMILES string of the molecule is N#CCNC(=O)CNC(=O)Nc1cc(F)cc(S(N)(=O)=O)c1. The number of benzene rings is 1. The van der Waals surface area contributed by atoms with Gasteiger partial charge in [0.05, 0.1) is 17.5 Å². The van der Waals surface area contributed by atoms with Crippen LogP contribution in [0.5, 0.6) is 0 Å². The highest BCUT2D eigenvalue weighted by Crippen LogP contribution is 2.17. The van der Waals surface area contributed by atoms with Gasteiger partial charge in [0.2, 0.25) is 15.9 Å². The van der Waals surface area contributed by atoms with Crippen LogP contribution in [0, 0.1) is 17.1 Å². The van der Waals surface area contributed by atoms with Gasteiger partial charge in [-0.05, 0) is 18.2 Å². The number of nitrogens with one attached hydrogen (secondary N) is 3. The smallest absolute Gasteiger partial charge is 0.319 e. The van der Waals surface area contributed by atoms with Crippen molar-refractivity contribution in [2.45, 2.75) is 4.90 Å². The second kappa shape index (κ2) is 7.34. The summed E-state index contributed by atoms with van der Waals surface area (Å²) in [7, 11) is -4.13. The fourth-order valence-corrected chi connectivity index (χ4v) is 1.90. The number of carbonyl (C=O) groups is 2. The zero-order valence-electron chi connectivity index (χ0n) is 11.1. The molecule has 0 aliphatic carbocycles. The second-order valence-electron chi connectivity index (χ2n) is 3.96. The van der Waals surface area contributed by atoms with Gasteiger partial charge in [-0.25, -0.2) is 22.7 Å². The van der Waals surface area contributed by atoms with Crippen LogP contribution in [0.15, 0.2) is 23.1 Å². The lowest BCUT2D eigenvalue weighted by molar-refractivity contribution is -0.119. The summed E-state index contributed by atoms with van der Waals surface area (Å²) >= 11 is 0. The lowest BCUT2D eigenvalue weighted by Gasteiger charge is -2.08. The highest BCUT2D eigenvalue weighted by molar-refractivity contribution is 7.89. The predicted molar refractivity (Wildman–Crippen MR) is 73.4 cm³/mol. The number of amides is 3. The van der Waals surface area contributed by atoms with Crippen molar-refractivity contribution in [3.8, 4) is 6.07 Å². The van der Waals surface area contributed by atoms with Gasteiger partial charge in [0.1, 0.15) is 12.4 Å². The van der Waals surface area contributed by atoms with E-state index < -0.39 is 39.2 Å². The Labute approximate surface area is 125 Å². The van der Waals surface area contributed by atoms with Crippen LogP contribution in [0.2, 0.25) is 0 Å². The molecule has 22 heavy (non-hydrogen) atoms. The summed E-state index contributed by atoms with van der Waals surface area (Å²) < 4.78 is 35.6. The first kappa shape index (κ1) is 17.3. The summed E-state index contributed by atoms with van der Waals surface area (Å²) in [6.45, 7) is -0.616. The molecule has 0 bridgehead atoms. The standard InChI is InChI=1S/C11H12FN5O4S/c12-7-3-8(5-9(4-7)22(14,20)21)17-11(19)16-6-10(18)15-2-1-13/h3-5H,2,6H2,(H,15,18)(H2,14,20,21)(H2,16,17,19). The summed E-state index contributed by atoms with van der Waals surface area (Å²) in [5.41, 5.74) is -0.154. The van der Waals surface area contributed by atoms with Crippen molar-refractivity contribution >= 4 is 27.6 Å². The first-order valence-corrected chi connectivity index (χ1v) is 7.29. The molecule has 0 aliphatic heterocycles. The van der Waals surface area contributed by atoms with Crippen LogP contribution in [-0.2, 0) is 14.8 Å². The number of anilines is 1. The van der Waals surface area contributed by atoms with E-state index in [2.05, 4.69) is 16.0 Å². The van der Waals surface area contributed by atoms with E-state index in [0.29, 0.717) is 6.07 Å². The van der Waals surface area contributed by atoms with E-state index in [1.165, 1.54) is 0 Å². The van der Waals surface area contributed by atoms with Gasteiger partial charge in [-0.2, -0.15) is 5.26 Å². The molecule has 0 heterocycles. The third kappa shape index (κ3) is 5.73. The minimum Gasteiger partial charge on any atom is -0.341 e. The van der Waals surface area contributed by atoms with E-state index in [1.54, 1.807) is 6.07 Å². The summed E-state index contributed by atoms with van der Waals surface area (Å²) in [5.74, 6) is -1.50. The molecule has 0 fully saturated rings. The number of sulfonamides is 1. The van der Waals surface area contributed by atoms with Crippen molar-refractivity contribution in [2.24, 2.45) is 5.14 Å². The van der Waals surface area contributed by atoms with Gasteiger partial charge in [0.15, 0.2) is 0 Å². The zero-order valence-corrected chi connectivity index (χ0v) is 11.9. The van der Waals surface area contributed by atoms with Gasteiger partial charge < -0.3 is 16.0 Å². The summed E-state index contributed by atoms with van der Waals surface area (Å²) in [6, 6.07) is 3.37. The molecule has 0 atom stereocenters. The molecule has 0 saturated carbocycles. The fraction of sp³-hybridized carbons (Fsp3) is 0.182. The third-order valence-electron chi connectivity index (χ3n) is 2.23. The number of carbonyl (C=O) groups excluding carboxylic acids is 2. The van der Waals surface area contributed by atoms with Gasteiger partial charge >= 0.3 is 6.03 Å².